The highest BCUT2D eigenvalue weighted by atomic mass is 127. The number of pyridine rings is 1. The molecule has 0 saturated heterocycles. The number of amides is 1. The number of hydrogen-bond donors (Lipinski definition) is 2. The van der Waals surface area contributed by atoms with Gasteiger partial charge in [0.1, 0.15) is 5.69 Å². The normalized spacial score (nSPS) is 13.0. The standard InChI is InChI=1S/C16H9IN4O/c17-11-5-8(7-18)4-9-10-6-13(22)20-12-2-1-3-19-16(12)15(10)21-14(9)11/h1-5,21H,6H2,(H,20,22). The Kier molecular flexibility index (Phi) is 2.90. The number of hydrogen-bond acceptors (Lipinski definition) is 3. The minimum atomic E-state index is -0.0775. The first kappa shape index (κ1) is 13.3. The van der Waals surface area contributed by atoms with Crippen LogP contribution in [0.1, 0.15) is 11.1 Å². The third kappa shape index (κ3) is 1.89. The number of halogens is 1. The van der Waals surface area contributed by atoms with Gasteiger partial charge in [0.05, 0.1) is 35.0 Å². The summed E-state index contributed by atoms with van der Waals surface area (Å²) in [5.41, 5.74) is 4.69. The monoisotopic (exact) mass is 400 g/mol. The van der Waals surface area contributed by atoms with Crippen LogP contribution in [0, 0.1) is 14.9 Å². The Hall–Kier alpha value is -2.40. The quantitative estimate of drug-likeness (QED) is 0.569. The van der Waals surface area contributed by atoms with Crippen molar-refractivity contribution in [2.45, 2.75) is 6.42 Å². The maximum atomic E-state index is 12.2. The van der Waals surface area contributed by atoms with Gasteiger partial charge in [0.15, 0.2) is 0 Å². The summed E-state index contributed by atoms with van der Waals surface area (Å²) in [5.74, 6) is -0.0775. The summed E-state index contributed by atoms with van der Waals surface area (Å²) in [6.07, 6.45) is 1.97. The van der Waals surface area contributed by atoms with Crippen molar-refractivity contribution in [2.75, 3.05) is 5.32 Å². The molecule has 0 spiro atoms. The largest absolute Gasteiger partial charge is 0.352 e. The van der Waals surface area contributed by atoms with E-state index < -0.39 is 0 Å². The first-order valence-electron chi connectivity index (χ1n) is 6.67. The van der Waals surface area contributed by atoms with Crippen molar-refractivity contribution in [3.63, 3.8) is 0 Å². The van der Waals surface area contributed by atoms with E-state index in [-0.39, 0.29) is 12.3 Å². The molecule has 5 nitrogen and oxygen atoms in total. The van der Waals surface area contributed by atoms with E-state index in [4.69, 9.17) is 0 Å². The Labute approximate surface area is 139 Å². The number of aromatic amines is 1. The summed E-state index contributed by atoms with van der Waals surface area (Å²) in [7, 11) is 0. The van der Waals surface area contributed by atoms with E-state index >= 15 is 0 Å². The van der Waals surface area contributed by atoms with E-state index in [2.05, 4.69) is 43.9 Å². The molecule has 0 saturated carbocycles. The van der Waals surface area contributed by atoms with Crippen LogP contribution in [0.4, 0.5) is 5.69 Å². The predicted molar refractivity (Wildman–Crippen MR) is 91.3 cm³/mol. The van der Waals surface area contributed by atoms with Gasteiger partial charge in [-0.05, 0) is 52.4 Å². The molecule has 6 heteroatoms. The van der Waals surface area contributed by atoms with E-state index in [1.807, 2.05) is 18.2 Å². The van der Waals surface area contributed by atoms with Crippen LogP contribution in [0.15, 0.2) is 30.5 Å². The van der Waals surface area contributed by atoms with Gasteiger partial charge in [-0.15, -0.1) is 0 Å². The highest BCUT2D eigenvalue weighted by molar-refractivity contribution is 14.1. The van der Waals surface area contributed by atoms with E-state index in [1.165, 1.54) is 0 Å². The third-order valence-corrected chi connectivity index (χ3v) is 4.60. The molecule has 106 valence electrons. The number of benzene rings is 1. The molecule has 0 atom stereocenters. The Morgan fingerprint density at radius 2 is 2.23 bits per heavy atom. The van der Waals surface area contributed by atoms with Gasteiger partial charge in [0, 0.05) is 15.2 Å². The number of fused-ring (bicyclic) bond motifs is 5. The topological polar surface area (TPSA) is 81.6 Å². The first-order chi connectivity index (χ1) is 10.7. The number of carbonyl (C=O) groups is 1. The average molecular weight is 400 g/mol. The number of rotatable bonds is 0. The predicted octanol–water partition coefficient (Wildman–Crippen LogP) is 3.20. The molecule has 0 radical (unpaired) electrons. The number of nitriles is 1. The number of H-pyrrole nitrogens is 1. The highest BCUT2D eigenvalue weighted by Crippen LogP contribution is 2.37. The molecule has 2 aromatic heterocycles. The zero-order chi connectivity index (χ0) is 15.3. The number of nitrogens with zero attached hydrogens (tertiary/aromatic N) is 2. The maximum absolute atomic E-state index is 12.2. The molecule has 3 heterocycles. The van der Waals surface area contributed by atoms with E-state index in [9.17, 15) is 10.1 Å². The minimum Gasteiger partial charge on any atom is -0.352 e. The van der Waals surface area contributed by atoms with Gasteiger partial charge in [0.2, 0.25) is 5.91 Å². The van der Waals surface area contributed by atoms with Gasteiger partial charge < -0.3 is 10.3 Å². The lowest BCUT2D eigenvalue weighted by Crippen LogP contribution is -2.12. The van der Waals surface area contributed by atoms with E-state index in [0.717, 1.165) is 31.4 Å². The summed E-state index contributed by atoms with van der Waals surface area (Å²) >= 11 is 2.20. The maximum Gasteiger partial charge on any atom is 0.228 e. The van der Waals surface area contributed by atoms with Crippen LogP contribution >= 0.6 is 22.6 Å². The fraction of sp³-hybridized carbons (Fsp3) is 0.0625. The van der Waals surface area contributed by atoms with Crippen LogP contribution in [0.2, 0.25) is 0 Å². The van der Waals surface area contributed by atoms with Crippen molar-refractivity contribution in [3.05, 3.63) is 45.2 Å². The second kappa shape index (κ2) is 4.81. The van der Waals surface area contributed by atoms with Crippen LogP contribution in [0.25, 0.3) is 22.3 Å². The fourth-order valence-electron chi connectivity index (χ4n) is 2.82. The van der Waals surface area contributed by atoms with Crippen molar-refractivity contribution < 1.29 is 4.79 Å². The fourth-order valence-corrected chi connectivity index (χ4v) is 3.58. The molecule has 0 unspecified atom stereocenters. The summed E-state index contributed by atoms with van der Waals surface area (Å²) < 4.78 is 0.956. The zero-order valence-corrected chi connectivity index (χ0v) is 13.4. The Morgan fingerprint density at radius 3 is 3.05 bits per heavy atom. The highest BCUT2D eigenvalue weighted by Gasteiger charge is 2.24. The molecule has 2 N–H and O–H groups in total. The Morgan fingerprint density at radius 1 is 1.36 bits per heavy atom. The molecule has 22 heavy (non-hydrogen) atoms. The molecule has 1 aliphatic rings. The molecule has 3 aromatic rings. The molecule has 1 aromatic carbocycles. The Bertz CT molecular complexity index is 984. The molecule has 4 rings (SSSR count). The molecule has 0 aliphatic carbocycles. The number of anilines is 1. The third-order valence-electron chi connectivity index (χ3n) is 3.75. The van der Waals surface area contributed by atoms with Gasteiger partial charge >= 0.3 is 0 Å². The average Bonchev–Trinajstić information content (AvgIpc) is 2.79. The van der Waals surface area contributed by atoms with Gasteiger partial charge in [-0.1, -0.05) is 0 Å². The van der Waals surface area contributed by atoms with Crippen LogP contribution in [0.5, 0.6) is 0 Å². The number of aromatic nitrogens is 2. The molecule has 0 fully saturated rings. The van der Waals surface area contributed by atoms with Crippen LogP contribution in [-0.2, 0) is 11.2 Å². The van der Waals surface area contributed by atoms with Crippen molar-refractivity contribution in [1.82, 2.24) is 9.97 Å². The summed E-state index contributed by atoms with van der Waals surface area (Å²) in [5, 5.41) is 13.0. The Balaban J connectivity index is 2.12. The number of carbonyl (C=O) groups excluding carboxylic acids is 1. The van der Waals surface area contributed by atoms with Crippen LogP contribution in [-0.4, -0.2) is 15.9 Å². The number of nitrogens with one attached hydrogen (secondary N) is 2. The van der Waals surface area contributed by atoms with Crippen molar-refractivity contribution in [3.8, 4) is 17.5 Å². The second-order valence-corrected chi connectivity index (χ2v) is 6.26. The molecular weight excluding hydrogens is 391 g/mol. The lowest BCUT2D eigenvalue weighted by Gasteiger charge is -2.04. The molecular formula is C16H9IN4O. The van der Waals surface area contributed by atoms with Crippen molar-refractivity contribution >= 4 is 45.1 Å². The van der Waals surface area contributed by atoms with Gasteiger partial charge in [-0.3, -0.25) is 9.78 Å². The van der Waals surface area contributed by atoms with Crippen molar-refractivity contribution in [2.24, 2.45) is 0 Å². The van der Waals surface area contributed by atoms with Gasteiger partial charge in [0.25, 0.3) is 0 Å². The SMILES string of the molecule is N#Cc1cc(I)c2[nH]c3c(c2c1)CC(=O)Nc1cccnc1-3. The lowest BCUT2D eigenvalue weighted by atomic mass is 10.0. The summed E-state index contributed by atoms with van der Waals surface area (Å²) in [4.78, 5) is 20.0. The zero-order valence-electron chi connectivity index (χ0n) is 11.3. The first-order valence-corrected chi connectivity index (χ1v) is 7.74. The van der Waals surface area contributed by atoms with Gasteiger partial charge in [-0.2, -0.15) is 5.26 Å². The van der Waals surface area contributed by atoms with E-state index in [0.29, 0.717) is 11.3 Å². The van der Waals surface area contributed by atoms with Gasteiger partial charge in [-0.25, -0.2) is 0 Å². The van der Waals surface area contributed by atoms with E-state index in [1.54, 1.807) is 12.3 Å². The van der Waals surface area contributed by atoms with Crippen molar-refractivity contribution in [1.29, 1.82) is 5.26 Å². The smallest absolute Gasteiger partial charge is 0.228 e. The minimum absolute atomic E-state index is 0.0775. The molecule has 1 amide bonds. The van der Waals surface area contributed by atoms with Crippen LogP contribution in [0.3, 0.4) is 0 Å². The lowest BCUT2D eigenvalue weighted by molar-refractivity contribution is -0.115. The summed E-state index contributed by atoms with van der Waals surface area (Å²) in [6.45, 7) is 0. The van der Waals surface area contributed by atoms with Crippen LogP contribution < -0.4 is 5.32 Å². The summed E-state index contributed by atoms with van der Waals surface area (Å²) in [6, 6.07) is 9.46. The second-order valence-electron chi connectivity index (χ2n) is 5.10. The molecule has 1 aliphatic heterocycles. The molecule has 0 bridgehead atoms.